The number of amides is 2. The Labute approximate surface area is 179 Å². The zero-order valence-electron chi connectivity index (χ0n) is 17.0. The molecule has 0 spiro atoms. The van der Waals surface area contributed by atoms with E-state index < -0.39 is 10.8 Å². The molecular formula is C24H21N3O4. The van der Waals surface area contributed by atoms with Gasteiger partial charge in [0, 0.05) is 40.7 Å². The Hall–Kier alpha value is -4.00. The van der Waals surface area contributed by atoms with Crippen molar-refractivity contribution in [1.29, 1.82) is 0 Å². The highest BCUT2D eigenvalue weighted by Gasteiger charge is 2.24. The molecule has 1 heterocycles. The van der Waals surface area contributed by atoms with Crippen molar-refractivity contribution in [1.82, 2.24) is 0 Å². The van der Waals surface area contributed by atoms with Gasteiger partial charge in [-0.15, -0.1) is 0 Å². The van der Waals surface area contributed by atoms with Crippen molar-refractivity contribution in [2.75, 3.05) is 16.8 Å². The van der Waals surface area contributed by atoms with Crippen LogP contribution in [0, 0.1) is 17.0 Å². The number of nitro benzene ring substituents is 1. The molecule has 0 aromatic heterocycles. The SMILES string of the molecule is Cc1c(C(=O)Nc2ccc3c(c2)CCCN3C(=O)c2ccccc2)cccc1[N+](=O)[O-]. The molecule has 0 unspecified atom stereocenters. The first-order chi connectivity index (χ1) is 15.0. The van der Waals surface area contributed by atoms with Gasteiger partial charge in [0.25, 0.3) is 17.5 Å². The summed E-state index contributed by atoms with van der Waals surface area (Å²) in [5, 5.41) is 14.0. The van der Waals surface area contributed by atoms with Gasteiger partial charge in [-0.25, -0.2) is 0 Å². The quantitative estimate of drug-likeness (QED) is 0.492. The van der Waals surface area contributed by atoms with Crippen molar-refractivity contribution in [3.05, 3.63) is 99.1 Å². The second-order valence-electron chi connectivity index (χ2n) is 7.43. The Bertz CT molecular complexity index is 1170. The predicted molar refractivity (Wildman–Crippen MR) is 119 cm³/mol. The summed E-state index contributed by atoms with van der Waals surface area (Å²) in [7, 11) is 0. The number of nitro groups is 1. The zero-order valence-corrected chi connectivity index (χ0v) is 17.0. The van der Waals surface area contributed by atoms with Crippen molar-refractivity contribution < 1.29 is 14.5 Å². The summed E-state index contributed by atoms with van der Waals surface area (Å²) in [6, 6.07) is 19.0. The maximum atomic E-state index is 12.9. The van der Waals surface area contributed by atoms with Crippen LogP contribution in [-0.4, -0.2) is 23.3 Å². The van der Waals surface area contributed by atoms with Gasteiger partial charge in [0.1, 0.15) is 0 Å². The monoisotopic (exact) mass is 415 g/mol. The molecule has 0 bridgehead atoms. The number of rotatable bonds is 4. The third-order valence-electron chi connectivity index (χ3n) is 5.47. The second kappa shape index (κ2) is 8.39. The van der Waals surface area contributed by atoms with Gasteiger partial charge in [0.2, 0.25) is 0 Å². The average molecular weight is 415 g/mol. The van der Waals surface area contributed by atoms with E-state index in [0.717, 1.165) is 24.1 Å². The Balaban J connectivity index is 1.58. The fourth-order valence-electron chi connectivity index (χ4n) is 3.89. The summed E-state index contributed by atoms with van der Waals surface area (Å²) in [6.07, 6.45) is 1.63. The molecule has 7 heteroatoms. The molecule has 1 N–H and O–H groups in total. The van der Waals surface area contributed by atoms with Crippen LogP contribution in [0.3, 0.4) is 0 Å². The predicted octanol–water partition coefficient (Wildman–Crippen LogP) is 4.75. The van der Waals surface area contributed by atoms with E-state index >= 15 is 0 Å². The van der Waals surface area contributed by atoms with Crippen LogP contribution >= 0.6 is 0 Å². The van der Waals surface area contributed by atoms with Gasteiger partial charge in [-0.2, -0.15) is 0 Å². The lowest BCUT2D eigenvalue weighted by molar-refractivity contribution is -0.385. The Morgan fingerprint density at radius 1 is 1.03 bits per heavy atom. The molecule has 0 atom stereocenters. The molecule has 0 radical (unpaired) electrons. The normalized spacial score (nSPS) is 12.7. The molecule has 31 heavy (non-hydrogen) atoms. The first-order valence-electron chi connectivity index (χ1n) is 10.0. The third-order valence-corrected chi connectivity index (χ3v) is 5.47. The van der Waals surface area contributed by atoms with Gasteiger partial charge >= 0.3 is 0 Å². The highest BCUT2D eigenvalue weighted by Crippen LogP contribution is 2.31. The standard InChI is InChI=1S/C24H21N3O4/c1-16-20(10-5-11-21(16)27(30)31)23(28)25-19-12-13-22-18(15-19)9-6-14-26(22)24(29)17-7-3-2-4-8-17/h2-5,7-8,10-13,15H,6,9,14H2,1H3,(H,25,28). The third kappa shape index (κ3) is 4.02. The topological polar surface area (TPSA) is 92.6 Å². The van der Waals surface area contributed by atoms with Crippen molar-refractivity contribution in [3.8, 4) is 0 Å². The van der Waals surface area contributed by atoms with Gasteiger partial charge in [0.05, 0.1) is 4.92 Å². The summed E-state index contributed by atoms with van der Waals surface area (Å²) >= 11 is 0. The van der Waals surface area contributed by atoms with Crippen LogP contribution < -0.4 is 10.2 Å². The van der Waals surface area contributed by atoms with E-state index in [0.29, 0.717) is 23.4 Å². The van der Waals surface area contributed by atoms with Crippen LogP contribution in [0.5, 0.6) is 0 Å². The molecule has 0 aliphatic carbocycles. The van der Waals surface area contributed by atoms with Crippen molar-refractivity contribution in [2.24, 2.45) is 0 Å². The Kier molecular flexibility index (Phi) is 5.49. The number of hydrogen-bond donors (Lipinski definition) is 1. The zero-order chi connectivity index (χ0) is 22.0. The lowest BCUT2D eigenvalue weighted by Crippen LogP contribution is -2.35. The Morgan fingerprint density at radius 3 is 2.55 bits per heavy atom. The van der Waals surface area contributed by atoms with Crippen molar-refractivity contribution >= 4 is 28.9 Å². The molecule has 156 valence electrons. The molecule has 0 saturated carbocycles. The van der Waals surface area contributed by atoms with Crippen LogP contribution in [0.2, 0.25) is 0 Å². The molecule has 1 aliphatic rings. The minimum absolute atomic E-state index is 0.0504. The van der Waals surface area contributed by atoms with Gasteiger partial charge in [0.15, 0.2) is 0 Å². The maximum absolute atomic E-state index is 12.9. The molecule has 2 amide bonds. The highest BCUT2D eigenvalue weighted by atomic mass is 16.6. The maximum Gasteiger partial charge on any atom is 0.273 e. The number of hydrogen-bond acceptors (Lipinski definition) is 4. The van der Waals surface area contributed by atoms with Crippen molar-refractivity contribution in [3.63, 3.8) is 0 Å². The molecule has 3 aromatic rings. The lowest BCUT2D eigenvalue weighted by atomic mass is 9.99. The number of fused-ring (bicyclic) bond motifs is 1. The van der Waals surface area contributed by atoms with E-state index in [1.807, 2.05) is 30.3 Å². The Morgan fingerprint density at radius 2 is 1.81 bits per heavy atom. The molecule has 4 rings (SSSR count). The fraction of sp³-hybridized carbons (Fsp3) is 0.167. The van der Waals surface area contributed by atoms with Gasteiger partial charge in [-0.05, 0) is 61.7 Å². The van der Waals surface area contributed by atoms with E-state index in [-0.39, 0.29) is 17.2 Å². The van der Waals surface area contributed by atoms with Crippen LogP contribution in [0.1, 0.15) is 38.3 Å². The molecule has 0 fully saturated rings. The van der Waals surface area contributed by atoms with Crippen LogP contribution in [0.4, 0.5) is 17.1 Å². The minimum atomic E-state index is -0.497. The molecule has 7 nitrogen and oxygen atoms in total. The molecule has 3 aromatic carbocycles. The fourth-order valence-corrected chi connectivity index (χ4v) is 3.89. The lowest BCUT2D eigenvalue weighted by Gasteiger charge is -2.30. The molecular weight excluding hydrogens is 394 g/mol. The van der Waals surface area contributed by atoms with Crippen LogP contribution in [0.15, 0.2) is 66.7 Å². The number of nitrogens with one attached hydrogen (secondary N) is 1. The molecule has 1 aliphatic heterocycles. The summed E-state index contributed by atoms with van der Waals surface area (Å²) in [5.74, 6) is -0.459. The number of aryl methyl sites for hydroxylation is 1. The summed E-state index contributed by atoms with van der Waals surface area (Å²) in [6.45, 7) is 2.20. The van der Waals surface area contributed by atoms with Gasteiger partial charge < -0.3 is 10.2 Å². The number of nitrogens with zero attached hydrogens (tertiary/aromatic N) is 2. The van der Waals surface area contributed by atoms with E-state index in [4.69, 9.17) is 0 Å². The van der Waals surface area contributed by atoms with Gasteiger partial charge in [-0.3, -0.25) is 19.7 Å². The van der Waals surface area contributed by atoms with Crippen LogP contribution in [0.25, 0.3) is 0 Å². The minimum Gasteiger partial charge on any atom is -0.322 e. The average Bonchev–Trinajstić information content (AvgIpc) is 2.78. The number of carbonyl (C=O) groups is 2. The number of carbonyl (C=O) groups excluding carboxylic acids is 2. The van der Waals surface area contributed by atoms with Crippen LogP contribution in [-0.2, 0) is 6.42 Å². The second-order valence-corrected chi connectivity index (χ2v) is 7.43. The summed E-state index contributed by atoms with van der Waals surface area (Å²) in [4.78, 5) is 38.1. The first kappa shape index (κ1) is 20.3. The summed E-state index contributed by atoms with van der Waals surface area (Å²) < 4.78 is 0. The smallest absolute Gasteiger partial charge is 0.273 e. The van der Waals surface area contributed by atoms with E-state index in [2.05, 4.69) is 5.32 Å². The summed E-state index contributed by atoms with van der Waals surface area (Å²) in [5.41, 5.74) is 3.52. The highest BCUT2D eigenvalue weighted by molar-refractivity contribution is 6.08. The van der Waals surface area contributed by atoms with E-state index in [1.165, 1.54) is 12.1 Å². The number of benzene rings is 3. The molecule has 0 saturated heterocycles. The van der Waals surface area contributed by atoms with E-state index in [1.54, 1.807) is 36.1 Å². The largest absolute Gasteiger partial charge is 0.322 e. The number of anilines is 2. The van der Waals surface area contributed by atoms with E-state index in [9.17, 15) is 19.7 Å². The van der Waals surface area contributed by atoms with Gasteiger partial charge in [-0.1, -0.05) is 24.3 Å². The first-order valence-corrected chi connectivity index (χ1v) is 10.0. The van der Waals surface area contributed by atoms with Crippen molar-refractivity contribution in [2.45, 2.75) is 19.8 Å².